The maximum atomic E-state index is 12.3. The van der Waals surface area contributed by atoms with Gasteiger partial charge in [-0.25, -0.2) is 0 Å². The summed E-state index contributed by atoms with van der Waals surface area (Å²) in [6, 6.07) is 18.1. The van der Waals surface area contributed by atoms with Crippen molar-refractivity contribution in [2.24, 2.45) is 0 Å². The summed E-state index contributed by atoms with van der Waals surface area (Å²) < 4.78 is 5.20. The average molecular weight is 398 g/mol. The number of carbonyl (C=O) groups excluding carboxylic acids is 2. The van der Waals surface area contributed by atoms with Crippen LogP contribution in [0.1, 0.15) is 29.9 Å². The molecule has 1 heterocycles. The van der Waals surface area contributed by atoms with Crippen molar-refractivity contribution in [2.45, 2.75) is 19.4 Å². The lowest BCUT2D eigenvalue weighted by atomic mass is 9.94. The predicted molar refractivity (Wildman–Crippen MR) is 107 cm³/mol. The predicted octanol–water partition coefficient (Wildman–Crippen LogP) is 3.78. The summed E-state index contributed by atoms with van der Waals surface area (Å²) in [5.74, 6) is -0.315. The van der Waals surface area contributed by atoms with Crippen LogP contribution in [0, 0.1) is 0 Å². The van der Waals surface area contributed by atoms with Crippen LogP contribution in [0.15, 0.2) is 65.2 Å². The Bertz CT molecular complexity index is 966. The molecule has 144 valence electrons. The van der Waals surface area contributed by atoms with E-state index >= 15 is 0 Å². The fourth-order valence-corrected chi connectivity index (χ4v) is 2.83. The number of halogens is 1. The summed E-state index contributed by atoms with van der Waals surface area (Å²) >= 11 is 5.90. The minimum Gasteiger partial charge on any atom is -0.355 e. The van der Waals surface area contributed by atoms with Crippen molar-refractivity contribution in [3.05, 3.63) is 76.9 Å². The van der Waals surface area contributed by atoms with E-state index in [0.717, 1.165) is 11.1 Å². The summed E-state index contributed by atoms with van der Waals surface area (Å²) in [5.41, 5.74) is 1.22. The normalized spacial score (nSPS) is 11.1. The molecule has 3 aromatic rings. The highest BCUT2D eigenvalue weighted by Crippen LogP contribution is 2.22. The number of nitrogens with zero attached hydrogens (tertiary/aromatic N) is 1. The third-order valence-electron chi connectivity index (χ3n) is 4.23. The third-order valence-corrected chi connectivity index (χ3v) is 4.48. The molecule has 3 rings (SSSR count). The Morgan fingerprint density at radius 2 is 1.75 bits per heavy atom. The second-order valence-electron chi connectivity index (χ2n) is 6.81. The highest BCUT2D eigenvalue weighted by molar-refractivity contribution is 6.30. The smallest absolute Gasteiger partial charge is 0.273 e. The average Bonchev–Trinajstić information content (AvgIpc) is 3.17. The van der Waals surface area contributed by atoms with Gasteiger partial charge in [-0.05, 0) is 31.5 Å². The summed E-state index contributed by atoms with van der Waals surface area (Å²) in [6.07, 6.45) is 0. The molecule has 0 saturated heterocycles. The molecular formula is C21H20ClN3O3. The molecule has 0 unspecified atom stereocenters. The van der Waals surface area contributed by atoms with Gasteiger partial charge in [-0.3, -0.25) is 9.59 Å². The Hall–Kier alpha value is -3.12. The topological polar surface area (TPSA) is 84.2 Å². The molecule has 0 atom stereocenters. The van der Waals surface area contributed by atoms with Crippen LogP contribution >= 0.6 is 11.6 Å². The van der Waals surface area contributed by atoms with Gasteiger partial charge in [0.25, 0.3) is 5.91 Å². The minimum absolute atomic E-state index is 0.114. The quantitative estimate of drug-likeness (QED) is 0.663. The number of aromatic nitrogens is 1. The van der Waals surface area contributed by atoms with Crippen molar-refractivity contribution in [3.8, 4) is 11.3 Å². The number of nitrogens with one attached hydrogen (secondary N) is 2. The van der Waals surface area contributed by atoms with E-state index in [1.54, 1.807) is 18.2 Å². The van der Waals surface area contributed by atoms with Crippen molar-refractivity contribution in [3.63, 3.8) is 0 Å². The van der Waals surface area contributed by atoms with Gasteiger partial charge in [0.1, 0.15) is 0 Å². The molecule has 0 spiro atoms. The van der Waals surface area contributed by atoms with Crippen molar-refractivity contribution >= 4 is 23.4 Å². The highest BCUT2D eigenvalue weighted by atomic mass is 35.5. The minimum atomic E-state index is -0.610. The van der Waals surface area contributed by atoms with Gasteiger partial charge in [0.2, 0.25) is 5.91 Å². The molecule has 0 saturated carbocycles. The molecule has 7 heteroatoms. The largest absolute Gasteiger partial charge is 0.355 e. The van der Waals surface area contributed by atoms with E-state index in [1.807, 2.05) is 56.3 Å². The standard InChI is InChI=1S/C21H20ClN3O3/c1-21(2,15-8-10-16(22)11-9-15)24-19(26)13-23-20(27)17-12-18(28-25-17)14-6-4-3-5-7-14/h3-12H,13H2,1-2H3,(H,23,27)(H,24,26). The van der Waals surface area contributed by atoms with Crippen LogP contribution in [-0.4, -0.2) is 23.5 Å². The molecule has 2 aromatic carbocycles. The van der Waals surface area contributed by atoms with E-state index in [0.29, 0.717) is 10.8 Å². The van der Waals surface area contributed by atoms with Gasteiger partial charge in [-0.2, -0.15) is 0 Å². The Morgan fingerprint density at radius 1 is 1.07 bits per heavy atom. The first kappa shape index (κ1) is 19.6. The van der Waals surface area contributed by atoms with Crippen LogP contribution in [0.25, 0.3) is 11.3 Å². The molecule has 1 aromatic heterocycles. The fraction of sp³-hybridized carbons (Fsp3) is 0.190. The number of carbonyl (C=O) groups is 2. The van der Waals surface area contributed by atoms with Crippen LogP contribution in [0.5, 0.6) is 0 Å². The molecule has 6 nitrogen and oxygen atoms in total. The van der Waals surface area contributed by atoms with E-state index < -0.39 is 11.4 Å². The summed E-state index contributed by atoms with van der Waals surface area (Å²) in [6.45, 7) is 3.57. The maximum Gasteiger partial charge on any atom is 0.273 e. The molecule has 0 aliphatic rings. The van der Waals surface area contributed by atoms with Gasteiger partial charge in [0, 0.05) is 16.7 Å². The van der Waals surface area contributed by atoms with Crippen molar-refractivity contribution in [1.29, 1.82) is 0 Å². The molecule has 28 heavy (non-hydrogen) atoms. The Kier molecular flexibility index (Phi) is 5.80. The highest BCUT2D eigenvalue weighted by Gasteiger charge is 2.23. The van der Waals surface area contributed by atoms with Gasteiger partial charge < -0.3 is 15.2 Å². The summed E-state index contributed by atoms with van der Waals surface area (Å²) in [4.78, 5) is 24.5. The van der Waals surface area contributed by atoms with Gasteiger partial charge in [-0.15, -0.1) is 0 Å². The Balaban J connectivity index is 1.56. The molecule has 2 N–H and O–H groups in total. The van der Waals surface area contributed by atoms with Crippen LogP contribution in [-0.2, 0) is 10.3 Å². The number of hydrogen-bond acceptors (Lipinski definition) is 4. The third kappa shape index (κ3) is 4.78. The van der Waals surface area contributed by atoms with Gasteiger partial charge in [0.15, 0.2) is 11.5 Å². The van der Waals surface area contributed by atoms with E-state index in [9.17, 15) is 9.59 Å². The van der Waals surface area contributed by atoms with E-state index in [-0.39, 0.29) is 18.1 Å². The lowest BCUT2D eigenvalue weighted by molar-refractivity contribution is -0.121. The van der Waals surface area contributed by atoms with Crippen molar-refractivity contribution in [1.82, 2.24) is 15.8 Å². The van der Waals surface area contributed by atoms with E-state index in [1.165, 1.54) is 0 Å². The zero-order valence-electron chi connectivity index (χ0n) is 15.5. The fourth-order valence-electron chi connectivity index (χ4n) is 2.70. The van der Waals surface area contributed by atoms with Crippen molar-refractivity contribution < 1.29 is 14.1 Å². The lowest BCUT2D eigenvalue weighted by Crippen LogP contribution is -2.46. The first-order valence-corrected chi connectivity index (χ1v) is 9.10. The molecule has 0 aliphatic carbocycles. The first-order valence-electron chi connectivity index (χ1n) is 8.72. The number of hydrogen-bond donors (Lipinski definition) is 2. The van der Waals surface area contributed by atoms with E-state index in [4.69, 9.17) is 16.1 Å². The molecule has 0 aliphatic heterocycles. The second-order valence-corrected chi connectivity index (χ2v) is 7.24. The lowest BCUT2D eigenvalue weighted by Gasteiger charge is -2.27. The molecule has 0 radical (unpaired) electrons. The van der Waals surface area contributed by atoms with Gasteiger partial charge >= 0.3 is 0 Å². The van der Waals surface area contributed by atoms with E-state index in [2.05, 4.69) is 15.8 Å². The number of benzene rings is 2. The maximum absolute atomic E-state index is 12.3. The first-order chi connectivity index (χ1) is 13.3. The Labute approximate surface area is 167 Å². The van der Waals surface area contributed by atoms with Crippen LogP contribution in [0.3, 0.4) is 0 Å². The molecule has 0 fully saturated rings. The zero-order chi connectivity index (χ0) is 20.1. The second kappa shape index (κ2) is 8.27. The zero-order valence-corrected chi connectivity index (χ0v) is 16.3. The van der Waals surface area contributed by atoms with Gasteiger partial charge in [0.05, 0.1) is 12.1 Å². The Morgan fingerprint density at radius 3 is 2.43 bits per heavy atom. The monoisotopic (exact) mass is 397 g/mol. The molecule has 0 bridgehead atoms. The number of rotatable bonds is 6. The van der Waals surface area contributed by atoms with Crippen LogP contribution in [0.2, 0.25) is 5.02 Å². The van der Waals surface area contributed by atoms with Crippen LogP contribution in [0.4, 0.5) is 0 Å². The van der Waals surface area contributed by atoms with Crippen molar-refractivity contribution in [2.75, 3.05) is 6.54 Å². The van der Waals surface area contributed by atoms with Gasteiger partial charge in [-0.1, -0.05) is 59.2 Å². The summed E-state index contributed by atoms with van der Waals surface area (Å²) in [7, 11) is 0. The number of amides is 2. The molecule has 2 amide bonds. The molecular weight excluding hydrogens is 378 g/mol. The SMILES string of the molecule is CC(C)(NC(=O)CNC(=O)c1cc(-c2ccccc2)on1)c1ccc(Cl)cc1. The van der Waals surface area contributed by atoms with Crippen LogP contribution < -0.4 is 10.6 Å². The summed E-state index contributed by atoms with van der Waals surface area (Å²) in [5, 5.41) is 9.84.